The first-order valence-corrected chi connectivity index (χ1v) is 9.18. The van der Waals surface area contributed by atoms with Gasteiger partial charge in [-0.15, -0.1) is 10.1 Å². The molecule has 1 amide bonds. The number of nitrogens with one attached hydrogen (secondary N) is 1. The van der Waals surface area contributed by atoms with Crippen molar-refractivity contribution in [1.29, 1.82) is 0 Å². The molecule has 0 radical (unpaired) electrons. The fourth-order valence-electron chi connectivity index (χ4n) is 2.38. The predicted molar refractivity (Wildman–Crippen MR) is 110 cm³/mol. The van der Waals surface area contributed by atoms with E-state index in [1.54, 1.807) is 24.3 Å². The van der Waals surface area contributed by atoms with Gasteiger partial charge >= 0.3 is 11.9 Å². The second kappa shape index (κ2) is 11.7. The van der Waals surface area contributed by atoms with Gasteiger partial charge in [0.2, 0.25) is 6.41 Å². The molecule has 0 aliphatic rings. The van der Waals surface area contributed by atoms with Gasteiger partial charge in [0.25, 0.3) is 5.09 Å². The maximum atomic E-state index is 12.1. The summed E-state index contributed by atoms with van der Waals surface area (Å²) in [5.41, 5.74) is 1.02. The van der Waals surface area contributed by atoms with Crippen molar-refractivity contribution in [3.63, 3.8) is 0 Å². The Labute approximate surface area is 182 Å². The van der Waals surface area contributed by atoms with Gasteiger partial charge in [-0.2, -0.15) is 0 Å². The van der Waals surface area contributed by atoms with Gasteiger partial charge in [-0.25, -0.2) is 9.59 Å². The highest BCUT2D eigenvalue weighted by molar-refractivity contribution is 5.89. The van der Waals surface area contributed by atoms with Gasteiger partial charge in [-0.05, 0) is 48.4 Å². The van der Waals surface area contributed by atoms with E-state index in [1.165, 1.54) is 44.4 Å². The van der Waals surface area contributed by atoms with Gasteiger partial charge in [0.05, 0.1) is 7.11 Å². The molecule has 2 aromatic rings. The number of nitrogens with zero attached hydrogens (tertiary/aromatic N) is 1. The standard InChI is InChI=1S/C21H20N2O9/c1-14(22-13-24)21(26)32-18-8-6-15(11-19(18)29-2)7-9-20(25)31-17-5-3-4-16(10-17)12-30-23(27)28/h3-11,13-14H,12H2,1-2H3,(H,22,24)/b9-7+. The summed E-state index contributed by atoms with van der Waals surface area (Å²) < 4.78 is 15.6. The first-order valence-electron chi connectivity index (χ1n) is 9.18. The number of hydrogen-bond acceptors (Lipinski definition) is 9. The third-order valence-electron chi connectivity index (χ3n) is 3.94. The SMILES string of the molecule is COc1cc(/C=C/C(=O)Oc2cccc(CO[N+](=O)[O-])c2)ccc1OC(=O)C(C)NC=O. The molecule has 0 bridgehead atoms. The Morgan fingerprint density at radius 2 is 1.94 bits per heavy atom. The Bertz CT molecular complexity index is 1020. The number of carbonyl (C=O) groups excluding carboxylic acids is 3. The fourth-order valence-corrected chi connectivity index (χ4v) is 2.38. The van der Waals surface area contributed by atoms with Crippen molar-refractivity contribution in [2.75, 3.05) is 7.11 Å². The van der Waals surface area contributed by atoms with E-state index in [4.69, 9.17) is 14.2 Å². The molecule has 11 heteroatoms. The minimum atomic E-state index is -0.912. The number of methoxy groups -OCH3 is 1. The van der Waals surface area contributed by atoms with Crippen molar-refractivity contribution in [3.8, 4) is 17.2 Å². The van der Waals surface area contributed by atoms with E-state index in [9.17, 15) is 24.5 Å². The predicted octanol–water partition coefficient (Wildman–Crippen LogP) is 2.06. The van der Waals surface area contributed by atoms with Crippen LogP contribution in [0.5, 0.6) is 17.2 Å². The van der Waals surface area contributed by atoms with E-state index in [2.05, 4.69) is 10.2 Å². The molecule has 0 aromatic heterocycles. The molecule has 0 aliphatic heterocycles. The van der Waals surface area contributed by atoms with Crippen molar-refractivity contribution in [2.45, 2.75) is 19.6 Å². The molecule has 168 valence electrons. The zero-order valence-electron chi connectivity index (χ0n) is 17.2. The largest absolute Gasteiger partial charge is 0.493 e. The molecular weight excluding hydrogens is 424 g/mol. The van der Waals surface area contributed by atoms with Crippen LogP contribution in [0.2, 0.25) is 0 Å². The number of hydrogen-bond donors (Lipinski definition) is 1. The molecule has 0 heterocycles. The van der Waals surface area contributed by atoms with Crippen molar-refractivity contribution < 1.29 is 38.5 Å². The van der Waals surface area contributed by atoms with E-state index in [-0.39, 0.29) is 23.9 Å². The third kappa shape index (κ3) is 7.44. The van der Waals surface area contributed by atoms with Gasteiger partial charge in [-0.1, -0.05) is 18.2 Å². The molecule has 1 atom stereocenters. The average molecular weight is 444 g/mol. The third-order valence-corrected chi connectivity index (χ3v) is 3.94. The number of carbonyl (C=O) groups is 3. The molecule has 0 spiro atoms. The van der Waals surface area contributed by atoms with Crippen LogP contribution in [0, 0.1) is 10.1 Å². The fraction of sp³-hybridized carbons (Fsp3) is 0.190. The van der Waals surface area contributed by atoms with Crippen LogP contribution in [0.25, 0.3) is 6.08 Å². The first-order chi connectivity index (χ1) is 15.3. The number of esters is 2. The van der Waals surface area contributed by atoms with Crippen LogP contribution in [0.3, 0.4) is 0 Å². The molecular formula is C21H20N2O9. The summed E-state index contributed by atoms with van der Waals surface area (Å²) in [5, 5.41) is 11.6. The van der Waals surface area contributed by atoms with Crippen LogP contribution in [0.15, 0.2) is 48.5 Å². The van der Waals surface area contributed by atoms with Gasteiger partial charge in [0.1, 0.15) is 18.4 Å². The lowest BCUT2D eigenvalue weighted by Crippen LogP contribution is -2.36. The molecule has 1 unspecified atom stereocenters. The Hall–Kier alpha value is -4.41. The van der Waals surface area contributed by atoms with E-state index in [1.807, 2.05) is 0 Å². The van der Waals surface area contributed by atoms with Crippen molar-refractivity contribution >= 4 is 24.4 Å². The lowest BCUT2D eigenvalue weighted by atomic mass is 10.2. The highest BCUT2D eigenvalue weighted by atomic mass is 16.9. The summed E-state index contributed by atoms with van der Waals surface area (Å²) in [4.78, 5) is 49.0. The molecule has 0 saturated heterocycles. The van der Waals surface area contributed by atoms with Crippen LogP contribution in [0.4, 0.5) is 0 Å². The van der Waals surface area contributed by atoms with Gasteiger partial charge < -0.3 is 24.4 Å². The molecule has 2 aromatic carbocycles. The molecule has 0 saturated carbocycles. The van der Waals surface area contributed by atoms with E-state index < -0.39 is 23.1 Å². The lowest BCUT2D eigenvalue weighted by Gasteiger charge is -2.13. The van der Waals surface area contributed by atoms with E-state index in [0.717, 1.165) is 0 Å². The number of ether oxygens (including phenoxy) is 3. The number of benzene rings is 2. The van der Waals surface area contributed by atoms with Gasteiger partial charge in [-0.3, -0.25) is 4.79 Å². The van der Waals surface area contributed by atoms with Crippen LogP contribution < -0.4 is 19.5 Å². The average Bonchev–Trinajstić information content (AvgIpc) is 2.77. The quantitative estimate of drug-likeness (QED) is 0.137. The molecule has 32 heavy (non-hydrogen) atoms. The van der Waals surface area contributed by atoms with Crippen LogP contribution in [0.1, 0.15) is 18.1 Å². The molecule has 11 nitrogen and oxygen atoms in total. The smallest absolute Gasteiger partial charge is 0.336 e. The Morgan fingerprint density at radius 3 is 2.62 bits per heavy atom. The zero-order valence-corrected chi connectivity index (χ0v) is 17.2. The summed E-state index contributed by atoms with van der Waals surface area (Å²) in [7, 11) is 1.39. The Balaban J connectivity index is 2.02. The monoisotopic (exact) mass is 444 g/mol. The lowest BCUT2D eigenvalue weighted by molar-refractivity contribution is -0.763. The molecule has 0 aliphatic carbocycles. The number of amides is 1. The van der Waals surface area contributed by atoms with Crippen LogP contribution >= 0.6 is 0 Å². The topological polar surface area (TPSA) is 143 Å². The van der Waals surface area contributed by atoms with E-state index in [0.29, 0.717) is 17.5 Å². The minimum absolute atomic E-state index is 0.144. The number of rotatable bonds is 11. The molecule has 2 rings (SSSR count). The van der Waals surface area contributed by atoms with Crippen molar-refractivity contribution in [2.24, 2.45) is 0 Å². The summed E-state index contributed by atoms with van der Waals surface area (Å²) in [5.74, 6) is -0.771. The molecule has 0 fully saturated rings. The highest BCUT2D eigenvalue weighted by Gasteiger charge is 2.16. The van der Waals surface area contributed by atoms with Crippen LogP contribution in [-0.2, 0) is 25.8 Å². The van der Waals surface area contributed by atoms with Gasteiger partial charge in [0, 0.05) is 6.08 Å². The van der Waals surface area contributed by atoms with E-state index >= 15 is 0 Å². The van der Waals surface area contributed by atoms with Crippen LogP contribution in [-0.4, -0.2) is 36.6 Å². The second-order valence-electron chi connectivity index (χ2n) is 6.24. The summed E-state index contributed by atoms with van der Waals surface area (Å²) >= 11 is 0. The van der Waals surface area contributed by atoms with Crippen molar-refractivity contribution in [1.82, 2.24) is 5.32 Å². The zero-order chi connectivity index (χ0) is 23.5. The summed E-state index contributed by atoms with van der Waals surface area (Å²) in [6.45, 7) is 1.20. The first kappa shape index (κ1) is 23.9. The Morgan fingerprint density at radius 1 is 1.16 bits per heavy atom. The highest BCUT2D eigenvalue weighted by Crippen LogP contribution is 2.29. The Kier molecular flexibility index (Phi) is 8.72. The summed E-state index contributed by atoms with van der Waals surface area (Å²) in [6.07, 6.45) is 3.04. The molecule has 1 N–H and O–H groups in total. The minimum Gasteiger partial charge on any atom is -0.493 e. The maximum absolute atomic E-state index is 12.1. The summed E-state index contributed by atoms with van der Waals surface area (Å²) in [6, 6.07) is 9.90. The van der Waals surface area contributed by atoms with Crippen molar-refractivity contribution in [3.05, 3.63) is 69.8 Å². The second-order valence-corrected chi connectivity index (χ2v) is 6.24. The normalized spacial score (nSPS) is 11.3. The van der Waals surface area contributed by atoms with Gasteiger partial charge in [0.15, 0.2) is 11.5 Å². The maximum Gasteiger partial charge on any atom is 0.336 e.